The van der Waals surface area contributed by atoms with Crippen molar-refractivity contribution in [3.05, 3.63) is 0 Å². The van der Waals surface area contributed by atoms with E-state index >= 15 is 0 Å². The molecule has 0 aliphatic heterocycles. The predicted molar refractivity (Wildman–Crippen MR) is 86.1 cm³/mol. The van der Waals surface area contributed by atoms with Gasteiger partial charge in [0.2, 0.25) is 0 Å². The molecule has 2 aliphatic carbocycles. The molecule has 1 N–H and O–H groups in total. The van der Waals surface area contributed by atoms with Gasteiger partial charge in [-0.15, -0.1) is 0 Å². The minimum atomic E-state index is -0.300. The van der Waals surface area contributed by atoms with Crippen LogP contribution in [-0.4, -0.2) is 24.3 Å². The number of rotatable bonds is 10. The second-order valence-corrected chi connectivity index (χ2v) is 6.97. The van der Waals surface area contributed by atoms with Crippen LogP contribution in [0.4, 0.5) is 0 Å². The molecule has 0 amide bonds. The Kier molecular flexibility index (Phi) is 6.99. The monoisotopic (exact) mass is 292 g/mol. The fraction of sp³-hybridized carbons (Fsp3) is 0.944. The highest BCUT2D eigenvalue weighted by molar-refractivity contribution is 5.12. The van der Waals surface area contributed by atoms with E-state index in [0.717, 1.165) is 32.3 Å². The first-order valence-corrected chi connectivity index (χ1v) is 9.08. The second-order valence-electron chi connectivity index (χ2n) is 6.97. The number of hydrogen-bond donors (Lipinski definition) is 1. The van der Waals surface area contributed by atoms with Gasteiger partial charge in [-0.25, -0.2) is 0 Å². The van der Waals surface area contributed by atoms with E-state index in [0.29, 0.717) is 12.1 Å². The number of nitriles is 1. The van der Waals surface area contributed by atoms with Gasteiger partial charge in [0.1, 0.15) is 5.54 Å². The Hall–Kier alpha value is -0.590. The maximum Gasteiger partial charge on any atom is 0.109 e. The highest BCUT2D eigenvalue weighted by Gasteiger charge is 2.40. The molecule has 3 nitrogen and oxygen atoms in total. The third-order valence-corrected chi connectivity index (χ3v) is 4.83. The number of nitrogens with zero attached hydrogens (tertiary/aromatic N) is 1. The zero-order valence-corrected chi connectivity index (χ0v) is 13.7. The quantitative estimate of drug-likeness (QED) is 0.610. The summed E-state index contributed by atoms with van der Waals surface area (Å²) >= 11 is 0. The van der Waals surface area contributed by atoms with Crippen LogP contribution in [0.25, 0.3) is 0 Å². The van der Waals surface area contributed by atoms with Gasteiger partial charge in [0.15, 0.2) is 0 Å². The zero-order valence-electron chi connectivity index (χ0n) is 13.7. The van der Waals surface area contributed by atoms with Gasteiger partial charge in [-0.05, 0) is 38.5 Å². The van der Waals surface area contributed by atoms with Crippen molar-refractivity contribution in [1.29, 1.82) is 5.26 Å². The molecule has 2 saturated carbocycles. The summed E-state index contributed by atoms with van der Waals surface area (Å²) in [5, 5.41) is 13.1. The van der Waals surface area contributed by atoms with Crippen LogP contribution in [0, 0.1) is 11.3 Å². The minimum Gasteiger partial charge on any atom is -0.378 e. The standard InChI is InChI=1S/C18H32N2O/c1-2-3-4-5-6-7-13-21-17-9-8-12-18(14-17,15-19)20-16-10-11-16/h16-17,20H,2-14H2,1H3. The lowest BCUT2D eigenvalue weighted by Gasteiger charge is -2.36. The molecule has 3 heteroatoms. The Bertz CT molecular complexity index is 335. The van der Waals surface area contributed by atoms with Crippen molar-refractivity contribution in [2.24, 2.45) is 0 Å². The Labute approximate surface area is 130 Å². The molecule has 0 bridgehead atoms. The van der Waals surface area contributed by atoms with E-state index in [-0.39, 0.29) is 5.54 Å². The molecule has 0 saturated heterocycles. The third-order valence-electron chi connectivity index (χ3n) is 4.83. The molecule has 2 rings (SSSR count). The summed E-state index contributed by atoms with van der Waals surface area (Å²) in [6.07, 6.45) is 14.7. The van der Waals surface area contributed by atoms with Crippen molar-refractivity contribution in [3.63, 3.8) is 0 Å². The molecule has 2 atom stereocenters. The first-order valence-electron chi connectivity index (χ1n) is 9.08. The molecular formula is C18H32N2O. The molecule has 0 heterocycles. The molecule has 2 unspecified atom stereocenters. The molecule has 0 radical (unpaired) electrons. The van der Waals surface area contributed by atoms with Gasteiger partial charge < -0.3 is 4.74 Å². The van der Waals surface area contributed by atoms with E-state index in [2.05, 4.69) is 18.3 Å². The van der Waals surface area contributed by atoms with E-state index in [1.54, 1.807) is 0 Å². The molecule has 0 spiro atoms. The van der Waals surface area contributed by atoms with E-state index < -0.39 is 0 Å². The largest absolute Gasteiger partial charge is 0.378 e. The maximum absolute atomic E-state index is 9.56. The fourth-order valence-electron chi connectivity index (χ4n) is 3.38. The summed E-state index contributed by atoms with van der Waals surface area (Å²) in [6, 6.07) is 3.15. The van der Waals surface area contributed by atoms with Crippen LogP contribution in [-0.2, 0) is 4.74 Å². The Morgan fingerprint density at radius 1 is 1.14 bits per heavy atom. The minimum absolute atomic E-state index is 0.292. The maximum atomic E-state index is 9.56. The van der Waals surface area contributed by atoms with Gasteiger partial charge >= 0.3 is 0 Å². The van der Waals surface area contributed by atoms with Gasteiger partial charge in [-0.2, -0.15) is 5.26 Å². The average molecular weight is 292 g/mol. The summed E-state index contributed by atoms with van der Waals surface area (Å²) in [6.45, 7) is 3.13. The van der Waals surface area contributed by atoms with Crippen molar-refractivity contribution in [2.75, 3.05) is 6.61 Å². The molecule has 2 fully saturated rings. The first kappa shape index (κ1) is 16.8. The van der Waals surface area contributed by atoms with E-state index in [1.165, 1.54) is 51.4 Å². The molecular weight excluding hydrogens is 260 g/mol. The van der Waals surface area contributed by atoms with Crippen LogP contribution >= 0.6 is 0 Å². The van der Waals surface area contributed by atoms with Gasteiger partial charge in [-0.3, -0.25) is 5.32 Å². The summed E-state index contributed by atoms with van der Waals surface area (Å²) < 4.78 is 6.06. The third kappa shape index (κ3) is 5.96. The molecule has 0 aromatic heterocycles. The Morgan fingerprint density at radius 2 is 1.90 bits per heavy atom. The summed E-state index contributed by atoms with van der Waals surface area (Å²) in [5.74, 6) is 0. The van der Waals surface area contributed by atoms with Crippen LogP contribution in [0.15, 0.2) is 0 Å². The van der Waals surface area contributed by atoms with E-state index in [9.17, 15) is 5.26 Å². The average Bonchev–Trinajstić information content (AvgIpc) is 3.30. The number of hydrogen-bond acceptors (Lipinski definition) is 3. The molecule has 0 aromatic carbocycles. The van der Waals surface area contributed by atoms with E-state index in [1.807, 2.05) is 0 Å². The highest BCUT2D eigenvalue weighted by Crippen LogP contribution is 2.33. The summed E-state index contributed by atoms with van der Waals surface area (Å²) in [7, 11) is 0. The molecule has 21 heavy (non-hydrogen) atoms. The van der Waals surface area contributed by atoms with Gasteiger partial charge in [-0.1, -0.05) is 39.0 Å². The lowest BCUT2D eigenvalue weighted by Crippen LogP contribution is -2.50. The lowest BCUT2D eigenvalue weighted by molar-refractivity contribution is 0.00699. The smallest absolute Gasteiger partial charge is 0.109 e. The number of nitrogens with one attached hydrogen (secondary N) is 1. The Morgan fingerprint density at radius 3 is 2.62 bits per heavy atom. The first-order chi connectivity index (χ1) is 10.3. The van der Waals surface area contributed by atoms with Gasteiger partial charge in [0.25, 0.3) is 0 Å². The Balaban J connectivity index is 1.61. The van der Waals surface area contributed by atoms with Gasteiger partial charge in [0, 0.05) is 19.1 Å². The van der Waals surface area contributed by atoms with Crippen LogP contribution in [0.3, 0.4) is 0 Å². The second kappa shape index (κ2) is 8.76. The zero-order chi connectivity index (χ0) is 15.0. The van der Waals surface area contributed by atoms with Crippen LogP contribution in [0.1, 0.15) is 84.0 Å². The van der Waals surface area contributed by atoms with Crippen molar-refractivity contribution < 1.29 is 4.74 Å². The summed E-state index contributed by atoms with van der Waals surface area (Å²) in [4.78, 5) is 0. The van der Waals surface area contributed by atoms with Gasteiger partial charge in [0.05, 0.1) is 12.2 Å². The van der Waals surface area contributed by atoms with Crippen LogP contribution in [0.5, 0.6) is 0 Å². The van der Waals surface area contributed by atoms with Crippen molar-refractivity contribution in [2.45, 2.75) is 102 Å². The number of unbranched alkanes of at least 4 members (excludes halogenated alkanes) is 5. The van der Waals surface area contributed by atoms with Crippen molar-refractivity contribution in [3.8, 4) is 6.07 Å². The fourth-order valence-corrected chi connectivity index (χ4v) is 3.38. The van der Waals surface area contributed by atoms with Crippen molar-refractivity contribution >= 4 is 0 Å². The summed E-state index contributed by atoms with van der Waals surface area (Å²) in [5.41, 5.74) is -0.300. The normalized spacial score (nSPS) is 29.2. The van der Waals surface area contributed by atoms with Crippen LogP contribution in [0.2, 0.25) is 0 Å². The lowest BCUT2D eigenvalue weighted by atomic mass is 9.81. The molecule has 0 aromatic rings. The predicted octanol–water partition coefficient (Wildman–Crippen LogP) is 4.32. The van der Waals surface area contributed by atoms with E-state index in [4.69, 9.17) is 4.74 Å². The molecule has 2 aliphatic rings. The topological polar surface area (TPSA) is 45.0 Å². The SMILES string of the molecule is CCCCCCCCOC1CCCC(C#N)(NC2CC2)C1. The highest BCUT2D eigenvalue weighted by atomic mass is 16.5. The number of ether oxygens (including phenoxy) is 1. The van der Waals surface area contributed by atoms with Crippen LogP contribution < -0.4 is 5.32 Å². The van der Waals surface area contributed by atoms with Crippen molar-refractivity contribution in [1.82, 2.24) is 5.32 Å². The molecule has 120 valence electrons.